The second-order valence-electron chi connectivity index (χ2n) is 4.84. The molecule has 4 nitrogen and oxygen atoms in total. The average Bonchev–Trinajstić information content (AvgIpc) is 2.89. The van der Waals surface area contributed by atoms with Crippen molar-refractivity contribution in [3.8, 4) is 0 Å². The molecule has 104 valence electrons. The molecule has 1 fully saturated rings. The molecule has 1 aromatic rings. The van der Waals surface area contributed by atoms with E-state index in [1.54, 1.807) is 16.2 Å². The fourth-order valence-electron chi connectivity index (χ4n) is 2.21. The van der Waals surface area contributed by atoms with Gasteiger partial charge >= 0.3 is 0 Å². The molecule has 1 aliphatic rings. The number of amides is 2. The molecular weight excluding hydrogens is 260 g/mol. The molecule has 0 aromatic carbocycles. The summed E-state index contributed by atoms with van der Waals surface area (Å²) < 4.78 is 0. The molecule has 19 heavy (non-hydrogen) atoms. The highest BCUT2D eigenvalue weighted by Gasteiger charge is 2.18. The lowest BCUT2D eigenvalue weighted by atomic mass is 10.1. The number of carbonyl (C=O) groups excluding carboxylic acids is 2. The largest absolute Gasteiger partial charge is 0.350 e. The van der Waals surface area contributed by atoms with Gasteiger partial charge in [0.15, 0.2) is 0 Å². The van der Waals surface area contributed by atoms with E-state index in [0.29, 0.717) is 19.5 Å². The Bertz CT molecular complexity index is 417. The maximum absolute atomic E-state index is 11.9. The van der Waals surface area contributed by atoms with Crippen molar-refractivity contribution in [2.24, 2.45) is 0 Å². The van der Waals surface area contributed by atoms with Crippen molar-refractivity contribution < 1.29 is 9.59 Å². The smallest absolute Gasteiger partial charge is 0.239 e. The molecule has 0 unspecified atom stereocenters. The van der Waals surface area contributed by atoms with Crippen molar-refractivity contribution in [2.45, 2.75) is 38.6 Å². The molecule has 2 rings (SSSR count). The molecule has 0 atom stereocenters. The number of hydrogen-bond acceptors (Lipinski definition) is 3. The van der Waals surface area contributed by atoms with Crippen LogP contribution >= 0.6 is 11.3 Å². The predicted octanol–water partition coefficient (Wildman–Crippen LogP) is 2.16. The minimum absolute atomic E-state index is 0.0673. The van der Waals surface area contributed by atoms with Crippen LogP contribution in [0.5, 0.6) is 0 Å². The van der Waals surface area contributed by atoms with Crippen LogP contribution in [0.2, 0.25) is 0 Å². The first kappa shape index (κ1) is 14.1. The maximum atomic E-state index is 11.9. The molecule has 0 aliphatic carbocycles. The maximum Gasteiger partial charge on any atom is 0.239 e. The zero-order valence-electron chi connectivity index (χ0n) is 11.1. The van der Waals surface area contributed by atoms with E-state index in [1.807, 2.05) is 17.5 Å². The van der Waals surface area contributed by atoms with Gasteiger partial charge in [0.25, 0.3) is 0 Å². The molecule has 5 heteroatoms. The number of nitrogens with zero attached hydrogens (tertiary/aromatic N) is 1. The van der Waals surface area contributed by atoms with Gasteiger partial charge in [0.05, 0.1) is 13.1 Å². The van der Waals surface area contributed by atoms with E-state index < -0.39 is 0 Å². The van der Waals surface area contributed by atoms with E-state index in [4.69, 9.17) is 0 Å². The molecule has 0 radical (unpaired) electrons. The molecule has 1 aromatic heterocycles. The van der Waals surface area contributed by atoms with Crippen molar-refractivity contribution in [3.05, 3.63) is 22.4 Å². The molecular formula is C14H20N2O2S. The van der Waals surface area contributed by atoms with Crippen LogP contribution in [-0.4, -0.2) is 29.8 Å². The van der Waals surface area contributed by atoms with E-state index in [2.05, 4.69) is 5.32 Å². The minimum atomic E-state index is -0.0673. The highest BCUT2D eigenvalue weighted by atomic mass is 32.1. The third-order valence-corrected chi connectivity index (χ3v) is 4.17. The van der Waals surface area contributed by atoms with Gasteiger partial charge in [-0.2, -0.15) is 0 Å². The Labute approximate surface area is 117 Å². The number of thiophene rings is 1. The molecule has 1 N–H and O–H groups in total. The molecule has 2 amide bonds. The standard InChI is InChI=1S/C14H20N2O2S/c17-13(15-10-12-6-5-9-19-12)11-16-8-4-2-1-3-7-14(16)18/h5-6,9H,1-4,7-8,10-11H2,(H,15,17). The summed E-state index contributed by atoms with van der Waals surface area (Å²) in [5.74, 6) is 0.0493. The van der Waals surface area contributed by atoms with Gasteiger partial charge in [-0.1, -0.05) is 18.9 Å². The second kappa shape index (κ2) is 7.28. The molecule has 1 aliphatic heterocycles. The fraction of sp³-hybridized carbons (Fsp3) is 0.571. The number of nitrogens with one attached hydrogen (secondary N) is 1. The van der Waals surface area contributed by atoms with Crippen LogP contribution in [0.15, 0.2) is 17.5 Å². The molecule has 0 saturated carbocycles. The Kier molecular flexibility index (Phi) is 5.39. The van der Waals surface area contributed by atoms with Crippen molar-refractivity contribution in [1.29, 1.82) is 0 Å². The monoisotopic (exact) mass is 280 g/mol. The minimum Gasteiger partial charge on any atom is -0.350 e. The lowest BCUT2D eigenvalue weighted by Gasteiger charge is -2.24. The van der Waals surface area contributed by atoms with E-state index >= 15 is 0 Å². The highest BCUT2D eigenvalue weighted by molar-refractivity contribution is 7.09. The van der Waals surface area contributed by atoms with Gasteiger partial charge in [-0.05, 0) is 24.3 Å². The van der Waals surface area contributed by atoms with Crippen molar-refractivity contribution in [1.82, 2.24) is 10.2 Å². The first-order valence-electron chi connectivity index (χ1n) is 6.82. The summed E-state index contributed by atoms with van der Waals surface area (Å²) in [6.45, 7) is 1.47. The first-order valence-corrected chi connectivity index (χ1v) is 7.70. The summed E-state index contributed by atoms with van der Waals surface area (Å²) in [5, 5.41) is 4.86. The Morgan fingerprint density at radius 1 is 1.32 bits per heavy atom. The van der Waals surface area contributed by atoms with E-state index in [1.165, 1.54) is 0 Å². The summed E-state index contributed by atoms with van der Waals surface area (Å²) in [7, 11) is 0. The highest BCUT2D eigenvalue weighted by Crippen LogP contribution is 2.11. The van der Waals surface area contributed by atoms with Crippen molar-refractivity contribution in [2.75, 3.05) is 13.1 Å². The van der Waals surface area contributed by atoms with Crippen LogP contribution in [0.1, 0.15) is 37.0 Å². The van der Waals surface area contributed by atoms with Crippen LogP contribution in [0.4, 0.5) is 0 Å². The Balaban J connectivity index is 1.77. The number of rotatable bonds is 4. The van der Waals surface area contributed by atoms with E-state index in [9.17, 15) is 9.59 Å². The van der Waals surface area contributed by atoms with Crippen LogP contribution in [-0.2, 0) is 16.1 Å². The van der Waals surface area contributed by atoms with Crippen molar-refractivity contribution >= 4 is 23.2 Å². The SMILES string of the molecule is O=C(CN1CCCCCCC1=O)NCc1cccs1. The zero-order valence-corrected chi connectivity index (χ0v) is 11.9. The summed E-state index contributed by atoms with van der Waals surface area (Å²) >= 11 is 1.62. The van der Waals surface area contributed by atoms with Gasteiger partial charge in [0, 0.05) is 17.8 Å². The van der Waals surface area contributed by atoms with Crippen LogP contribution in [0.3, 0.4) is 0 Å². The van der Waals surface area contributed by atoms with E-state index in [-0.39, 0.29) is 18.4 Å². The van der Waals surface area contributed by atoms with Gasteiger partial charge in [0.2, 0.25) is 11.8 Å². The number of carbonyl (C=O) groups is 2. The van der Waals surface area contributed by atoms with Crippen LogP contribution in [0, 0.1) is 0 Å². The second-order valence-corrected chi connectivity index (χ2v) is 5.87. The van der Waals surface area contributed by atoms with Gasteiger partial charge in [-0.3, -0.25) is 9.59 Å². The summed E-state index contributed by atoms with van der Waals surface area (Å²) in [4.78, 5) is 26.6. The van der Waals surface area contributed by atoms with Gasteiger partial charge in [-0.15, -0.1) is 11.3 Å². The van der Waals surface area contributed by atoms with Gasteiger partial charge in [0.1, 0.15) is 0 Å². The number of likely N-dealkylation sites (tertiary alicyclic amines) is 1. The van der Waals surface area contributed by atoms with Gasteiger partial charge in [-0.25, -0.2) is 0 Å². The lowest BCUT2D eigenvalue weighted by Crippen LogP contribution is -2.41. The molecule has 0 bridgehead atoms. The third kappa shape index (κ3) is 4.67. The molecule has 1 saturated heterocycles. The lowest BCUT2D eigenvalue weighted by molar-refractivity contribution is -0.136. The Morgan fingerprint density at radius 2 is 2.16 bits per heavy atom. The summed E-state index contributed by atoms with van der Waals surface area (Å²) in [6.07, 6.45) is 4.82. The molecule has 0 spiro atoms. The Hall–Kier alpha value is -1.36. The molecule has 2 heterocycles. The predicted molar refractivity (Wildman–Crippen MR) is 75.8 cm³/mol. The number of hydrogen-bond donors (Lipinski definition) is 1. The van der Waals surface area contributed by atoms with E-state index in [0.717, 1.165) is 30.6 Å². The average molecular weight is 280 g/mol. The zero-order chi connectivity index (χ0) is 13.5. The summed E-state index contributed by atoms with van der Waals surface area (Å²) in [6, 6.07) is 3.96. The third-order valence-electron chi connectivity index (χ3n) is 3.30. The van der Waals surface area contributed by atoms with Crippen LogP contribution < -0.4 is 5.32 Å². The normalized spacial score (nSPS) is 16.8. The first-order chi connectivity index (χ1) is 9.25. The van der Waals surface area contributed by atoms with Crippen LogP contribution in [0.25, 0.3) is 0 Å². The summed E-state index contributed by atoms with van der Waals surface area (Å²) in [5.41, 5.74) is 0. The quantitative estimate of drug-likeness (QED) is 0.919. The Morgan fingerprint density at radius 3 is 2.95 bits per heavy atom. The van der Waals surface area contributed by atoms with Crippen molar-refractivity contribution in [3.63, 3.8) is 0 Å². The topological polar surface area (TPSA) is 49.4 Å². The van der Waals surface area contributed by atoms with Gasteiger partial charge < -0.3 is 10.2 Å². The fourth-order valence-corrected chi connectivity index (χ4v) is 2.86.